The van der Waals surface area contributed by atoms with Crippen LogP contribution < -0.4 is 11.1 Å². The lowest BCUT2D eigenvalue weighted by molar-refractivity contribution is -0.116. The zero-order chi connectivity index (χ0) is 17.2. The molecule has 0 saturated heterocycles. The maximum atomic E-state index is 12.5. The standard InChI is InChI=1S/C19H14N2O3S/c22-18(12-21-15-8-3-4-9-16(15)24-19(21)23)20-14-7-2-1-6-13(14)17-10-5-11-25-17/h1-11H,12H2,(H,20,22). The third-order valence-corrected chi connectivity index (χ3v) is 4.77. The zero-order valence-corrected chi connectivity index (χ0v) is 14.0. The Bertz CT molecular complexity index is 1090. The number of carbonyl (C=O) groups is 1. The minimum Gasteiger partial charge on any atom is -0.408 e. The number of hydrogen-bond acceptors (Lipinski definition) is 4. The molecule has 25 heavy (non-hydrogen) atoms. The lowest BCUT2D eigenvalue weighted by Crippen LogP contribution is -2.24. The van der Waals surface area contributed by atoms with Crippen molar-refractivity contribution >= 4 is 34.0 Å². The second-order valence-corrected chi connectivity index (χ2v) is 6.44. The molecule has 2 aromatic heterocycles. The Hall–Kier alpha value is -3.12. The highest BCUT2D eigenvalue weighted by molar-refractivity contribution is 7.13. The van der Waals surface area contributed by atoms with Crippen LogP contribution in [0.3, 0.4) is 0 Å². The van der Waals surface area contributed by atoms with Crippen molar-refractivity contribution in [2.24, 2.45) is 0 Å². The molecule has 0 fully saturated rings. The van der Waals surface area contributed by atoms with Gasteiger partial charge >= 0.3 is 5.76 Å². The average molecular weight is 350 g/mol. The summed E-state index contributed by atoms with van der Waals surface area (Å²) in [5.41, 5.74) is 2.75. The van der Waals surface area contributed by atoms with Gasteiger partial charge in [0, 0.05) is 16.1 Å². The van der Waals surface area contributed by atoms with E-state index in [0.29, 0.717) is 11.1 Å². The number of oxazole rings is 1. The summed E-state index contributed by atoms with van der Waals surface area (Å²) in [5.74, 6) is -0.819. The molecule has 2 heterocycles. The van der Waals surface area contributed by atoms with E-state index in [0.717, 1.165) is 16.1 Å². The predicted molar refractivity (Wildman–Crippen MR) is 98.9 cm³/mol. The third kappa shape index (κ3) is 2.99. The molecule has 0 atom stereocenters. The first kappa shape index (κ1) is 15.4. The van der Waals surface area contributed by atoms with Crippen LogP contribution in [0.5, 0.6) is 0 Å². The van der Waals surface area contributed by atoms with Gasteiger partial charge in [0.25, 0.3) is 0 Å². The first-order valence-corrected chi connectivity index (χ1v) is 8.61. The van der Waals surface area contributed by atoms with Crippen molar-refractivity contribution in [1.82, 2.24) is 4.57 Å². The van der Waals surface area contributed by atoms with E-state index in [1.807, 2.05) is 41.8 Å². The Labute approximate surface area is 147 Å². The zero-order valence-electron chi connectivity index (χ0n) is 13.1. The Kier molecular flexibility index (Phi) is 3.95. The van der Waals surface area contributed by atoms with Crippen molar-refractivity contribution in [2.45, 2.75) is 6.54 Å². The molecule has 1 amide bonds. The number of hydrogen-bond donors (Lipinski definition) is 1. The van der Waals surface area contributed by atoms with E-state index >= 15 is 0 Å². The molecule has 0 unspecified atom stereocenters. The summed E-state index contributed by atoms with van der Waals surface area (Å²) < 4.78 is 6.49. The lowest BCUT2D eigenvalue weighted by atomic mass is 10.1. The molecule has 0 aliphatic carbocycles. The molecule has 0 aliphatic heterocycles. The molecule has 6 heteroatoms. The molecule has 0 bridgehead atoms. The van der Waals surface area contributed by atoms with E-state index in [2.05, 4.69) is 5.32 Å². The summed E-state index contributed by atoms with van der Waals surface area (Å²) in [6.45, 7) is -0.103. The molecule has 2 aromatic carbocycles. The van der Waals surface area contributed by atoms with Gasteiger partial charge in [-0.1, -0.05) is 36.4 Å². The SMILES string of the molecule is O=C(Cn1c(=O)oc2ccccc21)Nc1ccccc1-c1cccs1. The predicted octanol–water partition coefficient (Wildman–Crippen LogP) is 3.96. The molecule has 0 saturated carbocycles. The van der Waals surface area contributed by atoms with E-state index in [-0.39, 0.29) is 12.5 Å². The number of nitrogens with zero attached hydrogens (tertiary/aromatic N) is 1. The van der Waals surface area contributed by atoms with Crippen molar-refractivity contribution in [3.8, 4) is 10.4 Å². The van der Waals surface area contributed by atoms with Crippen LogP contribution in [0.4, 0.5) is 5.69 Å². The summed E-state index contributed by atoms with van der Waals surface area (Å²) in [5, 5.41) is 4.89. The van der Waals surface area contributed by atoms with E-state index in [4.69, 9.17) is 4.42 Å². The van der Waals surface area contributed by atoms with Crippen molar-refractivity contribution in [2.75, 3.05) is 5.32 Å². The van der Waals surface area contributed by atoms with Crippen molar-refractivity contribution in [1.29, 1.82) is 0 Å². The van der Waals surface area contributed by atoms with E-state index in [1.165, 1.54) is 4.57 Å². The molecule has 0 spiro atoms. The van der Waals surface area contributed by atoms with Crippen LogP contribution in [-0.2, 0) is 11.3 Å². The molecular weight excluding hydrogens is 336 g/mol. The van der Waals surface area contributed by atoms with Crippen LogP contribution in [0.2, 0.25) is 0 Å². The van der Waals surface area contributed by atoms with E-state index in [1.54, 1.807) is 35.6 Å². The normalized spacial score (nSPS) is 10.9. The molecule has 4 aromatic rings. The molecule has 0 aliphatic rings. The highest BCUT2D eigenvalue weighted by atomic mass is 32.1. The largest absolute Gasteiger partial charge is 0.420 e. The van der Waals surface area contributed by atoms with Gasteiger partial charge in [0.15, 0.2) is 5.58 Å². The van der Waals surface area contributed by atoms with E-state index < -0.39 is 5.76 Å². The van der Waals surface area contributed by atoms with Crippen molar-refractivity contribution in [3.63, 3.8) is 0 Å². The van der Waals surface area contributed by atoms with Crippen LogP contribution >= 0.6 is 11.3 Å². The number of fused-ring (bicyclic) bond motifs is 1. The summed E-state index contributed by atoms with van der Waals surface area (Å²) in [7, 11) is 0. The number of para-hydroxylation sites is 3. The number of nitrogens with one attached hydrogen (secondary N) is 1. The summed E-state index contributed by atoms with van der Waals surface area (Å²) in [6.07, 6.45) is 0. The maximum Gasteiger partial charge on any atom is 0.420 e. The summed E-state index contributed by atoms with van der Waals surface area (Å²) >= 11 is 1.61. The Morgan fingerprint density at radius 2 is 1.84 bits per heavy atom. The van der Waals surface area contributed by atoms with Gasteiger partial charge in [0.05, 0.1) is 5.52 Å². The Balaban J connectivity index is 1.61. The third-order valence-electron chi connectivity index (χ3n) is 3.86. The van der Waals surface area contributed by atoms with Gasteiger partial charge in [-0.25, -0.2) is 4.79 Å². The van der Waals surface area contributed by atoms with Crippen LogP contribution in [0.25, 0.3) is 21.5 Å². The second kappa shape index (κ2) is 6.41. The number of anilines is 1. The Morgan fingerprint density at radius 1 is 1.04 bits per heavy atom. The number of rotatable bonds is 4. The highest BCUT2D eigenvalue weighted by Gasteiger charge is 2.14. The molecule has 4 rings (SSSR count). The molecule has 5 nitrogen and oxygen atoms in total. The second-order valence-electron chi connectivity index (χ2n) is 5.49. The van der Waals surface area contributed by atoms with Crippen LogP contribution in [-0.4, -0.2) is 10.5 Å². The van der Waals surface area contributed by atoms with Gasteiger partial charge in [0.2, 0.25) is 5.91 Å². The average Bonchev–Trinajstić information content (AvgIpc) is 3.24. The van der Waals surface area contributed by atoms with Gasteiger partial charge in [0.1, 0.15) is 6.54 Å². The minimum absolute atomic E-state index is 0.103. The summed E-state index contributed by atoms with van der Waals surface area (Å²) in [6, 6.07) is 18.6. The number of thiophene rings is 1. The Morgan fingerprint density at radius 3 is 2.68 bits per heavy atom. The fourth-order valence-corrected chi connectivity index (χ4v) is 3.50. The van der Waals surface area contributed by atoms with Gasteiger partial charge in [-0.15, -0.1) is 11.3 Å². The van der Waals surface area contributed by atoms with Crippen LogP contribution in [0.15, 0.2) is 75.3 Å². The molecular formula is C19H14N2O3S. The van der Waals surface area contributed by atoms with Gasteiger partial charge in [-0.3, -0.25) is 9.36 Å². The number of amides is 1. The fraction of sp³-hybridized carbons (Fsp3) is 0.0526. The lowest BCUT2D eigenvalue weighted by Gasteiger charge is -2.10. The number of aromatic nitrogens is 1. The summed E-state index contributed by atoms with van der Waals surface area (Å²) in [4.78, 5) is 25.6. The van der Waals surface area contributed by atoms with Crippen molar-refractivity contribution < 1.29 is 9.21 Å². The van der Waals surface area contributed by atoms with E-state index in [9.17, 15) is 9.59 Å². The minimum atomic E-state index is -0.539. The fourth-order valence-electron chi connectivity index (χ4n) is 2.74. The topological polar surface area (TPSA) is 64.2 Å². The van der Waals surface area contributed by atoms with Crippen LogP contribution in [0, 0.1) is 0 Å². The number of benzene rings is 2. The van der Waals surface area contributed by atoms with Crippen LogP contribution in [0.1, 0.15) is 0 Å². The smallest absolute Gasteiger partial charge is 0.408 e. The number of carbonyl (C=O) groups excluding carboxylic acids is 1. The van der Waals surface area contributed by atoms with Gasteiger partial charge in [-0.2, -0.15) is 0 Å². The first-order valence-electron chi connectivity index (χ1n) is 7.73. The molecule has 0 radical (unpaired) electrons. The first-order chi connectivity index (χ1) is 12.2. The molecule has 124 valence electrons. The van der Waals surface area contributed by atoms with Gasteiger partial charge < -0.3 is 9.73 Å². The monoisotopic (exact) mass is 350 g/mol. The molecule has 1 N–H and O–H groups in total. The van der Waals surface area contributed by atoms with Gasteiger partial charge in [-0.05, 0) is 29.6 Å². The van der Waals surface area contributed by atoms with Crippen molar-refractivity contribution in [3.05, 3.63) is 76.6 Å². The quantitative estimate of drug-likeness (QED) is 0.606. The maximum absolute atomic E-state index is 12.5. The highest BCUT2D eigenvalue weighted by Crippen LogP contribution is 2.31.